The van der Waals surface area contributed by atoms with Crippen molar-refractivity contribution in [2.45, 2.75) is 19.9 Å². The van der Waals surface area contributed by atoms with Gasteiger partial charge in [0, 0.05) is 18.9 Å². The molecule has 1 heterocycles. The van der Waals surface area contributed by atoms with Gasteiger partial charge in [-0.15, -0.1) is 0 Å². The van der Waals surface area contributed by atoms with Gasteiger partial charge in [-0.05, 0) is 6.42 Å². The van der Waals surface area contributed by atoms with Gasteiger partial charge in [0.25, 0.3) is 5.56 Å². The number of aromatic nitrogens is 2. The van der Waals surface area contributed by atoms with Crippen LogP contribution in [-0.2, 0) is 16.4 Å². The number of aryl methyl sites for hydroxylation is 1. The molecule has 1 aromatic heterocycles. The van der Waals surface area contributed by atoms with Crippen LogP contribution in [0.1, 0.15) is 13.3 Å². The van der Waals surface area contributed by atoms with Crippen LogP contribution in [0.15, 0.2) is 17.1 Å². The largest absolute Gasteiger partial charge is 0.387 e. The molecule has 6 nitrogen and oxygen atoms in total. The van der Waals surface area contributed by atoms with Gasteiger partial charge in [-0.2, -0.15) is 5.10 Å². The molecule has 7 heteroatoms. The van der Waals surface area contributed by atoms with Crippen LogP contribution in [0.3, 0.4) is 0 Å². The zero-order valence-electron chi connectivity index (χ0n) is 10.0. The van der Waals surface area contributed by atoms with Gasteiger partial charge in [-0.3, -0.25) is 4.79 Å². The Labute approximate surface area is 101 Å². The number of rotatable bonds is 6. The van der Waals surface area contributed by atoms with Gasteiger partial charge in [0.15, 0.2) is 9.84 Å². The minimum absolute atomic E-state index is 0.0490. The van der Waals surface area contributed by atoms with Crippen LogP contribution in [0.4, 0.5) is 5.69 Å². The molecule has 0 aliphatic carbocycles. The van der Waals surface area contributed by atoms with Gasteiger partial charge in [0.2, 0.25) is 0 Å². The summed E-state index contributed by atoms with van der Waals surface area (Å²) in [5, 5.41) is 6.68. The third-order valence-corrected chi connectivity index (χ3v) is 4.12. The van der Waals surface area contributed by atoms with E-state index in [1.54, 1.807) is 7.05 Å². The van der Waals surface area contributed by atoms with E-state index in [-0.39, 0.29) is 23.6 Å². The Bertz CT molecular complexity index is 522. The summed E-state index contributed by atoms with van der Waals surface area (Å²) in [6, 6.07) is 1.39. The SMILES string of the molecule is CCCS(=O)(=O)CCn1ncc(NC)cc1=O. The zero-order chi connectivity index (χ0) is 12.9. The highest BCUT2D eigenvalue weighted by Gasteiger charge is 2.10. The average Bonchev–Trinajstić information content (AvgIpc) is 2.27. The second-order valence-electron chi connectivity index (χ2n) is 3.71. The number of hydrogen-bond donors (Lipinski definition) is 1. The van der Waals surface area contributed by atoms with Gasteiger partial charge >= 0.3 is 0 Å². The number of nitrogens with one attached hydrogen (secondary N) is 1. The Balaban J connectivity index is 2.74. The van der Waals surface area contributed by atoms with Crippen LogP contribution in [0.25, 0.3) is 0 Å². The lowest BCUT2D eigenvalue weighted by molar-refractivity contribution is 0.570. The maximum atomic E-state index is 11.5. The average molecular weight is 259 g/mol. The molecule has 0 saturated heterocycles. The van der Waals surface area contributed by atoms with Gasteiger partial charge in [-0.25, -0.2) is 13.1 Å². The Morgan fingerprint density at radius 3 is 2.65 bits per heavy atom. The minimum Gasteiger partial charge on any atom is -0.387 e. The van der Waals surface area contributed by atoms with Crippen LogP contribution in [0.5, 0.6) is 0 Å². The second kappa shape index (κ2) is 5.81. The van der Waals surface area contributed by atoms with E-state index in [2.05, 4.69) is 10.4 Å². The molecule has 0 aliphatic heterocycles. The molecule has 0 saturated carbocycles. The van der Waals surface area contributed by atoms with Gasteiger partial charge in [0.1, 0.15) is 0 Å². The van der Waals surface area contributed by atoms with E-state index in [1.807, 2.05) is 6.92 Å². The first-order valence-electron chi connectivity index (χ1n) is 5.44. The van der Waals surface area contributed by atoms with E-state index in [9.17, 15) is 13.2 Å². The molecule has 0 radical (unpaired) electrons. The first kappa shape index (κ1) is 13.7. The van der Waals surface area contributed by atoms with Crippen molar-refractivity contribution in [3.63, 3.8) is 0 Å². The predicted molar refractivity (Wildman–Crippen MR) is 67.0 cm³/mol. The summed E-state index contributed by atoms with van der Waals surface area (Å²) in [7, 11) is -1.39. The van der Waals surface area contributed by atoms with Crippen molar-refractivity contribution < 1.29 is 8.42 Å². The van der Waals surface area contributed by atoms with Crippen molar-refractivity contribution in [3.05, 3.63) is 22.6 Å². The summed E-state index contributed by atoms with van der Waals surface area (Å²) in [6.45, 7) is 1.91. The molecular formula is C10H17N3O3S. The topological polar surface area (TPSA) is 81.1 Å². The molecule has 0 aliphatic rings. The van der Waals surface area contributed by atoms with Crippen LogP contribution in [0.2, 0.25) is 0 Å². The summed E-state index contributed by atoms with van der Waals surface area (Å²) in [6.07, 6.45) is 2.08. The molecule has 17 heavy (non-hydrogen) atoms. The fourth-order valence-electron chi connectivity index (χ4n) is 1.38. The van der Waals surface area contributed by atoms with Gasteiger partial charge in [0.05, 0.1) is 24.2 Å². The monoisotopic (exact) mass is 259 g/mol. The molecule has 0 spiro atoms. The molecule has 0 amide bonds. The molecule has 0 aromatic carbocycles. The Morgan fingerprint density at radius 2 is 2.12 bits per heavy atom. The standard InChI is InChI=1S/C10H17N3O3S/c1-3-5-17(15,16)6-4-13-10(14)7-9(11-2)8-12-13/h7-8,11H,3-6H2,1-2H3. The smallest absolute Gasteiger partial charge is 0.268 e. The van der Waals surface area contributed by atoms with Crippen molar-refractivity contribution in [1.29, 1.82) is 0 Å². The quantitative estimate of drug-likeness (QED) is 0.784. The van der Waals surface area contributed by atoms with Crippen molar-refractivity contribution in [2.75, 3.05) is 23.9 Å². The highest BCUT2D eigenvalue weighted by atomic mass is 32.2. The molecule has 0 fully saturated rings. The molecular weight excluding hydrogens is 242 g/mol. The predicted octanol–water partition coefficient (Wildman–Crippen LogP) is 0.110. The molecule has 1 N–H and O–H groups in total. The van der Waals surface area contributed by atoms with Gasteiger partial charge < -0.3 is 5.32 Å². The Kier molecular flexibility index (Phi) is 4.68. The molecule has 96 valence electrons. The lowest BCUT2D eigenvalue weighted by atomic mass is 10.5. The van der Waals surface area contributed by atoms with E-state index in [0.717, 1.165) is 4.68 Å². The van der Waals surface area contributed by atoms with E-state index < -0.39 is 9.84 Å². The van der Waals surface area contributed by atoms with Gasteiger partial charge in [-0.1, -0.05) is 6.92 Å². The van der Waals surface area contributed by atoms with E-state index in [0.29, 0.717) is 12.1 Å². The summed E-state index contributed by atoms with van der Waals surface area (Å²) < 4.78 is 24.1. The molecule has 0 atom stereocenters. The van der Waals surface area contributed by atoms with Crippen molar-refractivity contribution in [2.24, 2.45) is 0 Å². The first-order valence-corrected chi connectivity index (χ1v) is 7.26. The van der Waals surface area contributed by atoms with E-state index in [4.69, 9.17) is 0 Å². The molecule has 0 bridgehead atoms. The van der Waals surface area contributed by atoms with Crippen LogP contribution >= 0.6 is 0 Å². The fraction of sp³-hybridized carbons (Fsp3) is 0.600. The van der Waals surface area contributed by atoms with Crippen LogP contribution in [0, 0.1) is 0 Å². The molecule has 1 aromatic rings. The van der Waals surface area contributed by atoms with Crippen molar-refractivity contribution in [1.82, 2.24) is 9.78 Å². The minimum atomic E-state index is -3.08. The highest BCUT2D eigenvalue weighted by molar-refractivity contribution is 7.91. The number of anilines is 1. The summed E-state index contributed by atoms with van der Waals surface area (Å²) in [5.74, 6) is 0.100. The molecule has 0 unspecified atom stereocenters. The number of sulfone groups is 1. The maximum absolute atomic E-state index is 11.5. The third-order valence-electron chi connectivity index (χ3n) is 2.29. The lowest BCUT2D eigenvalue weighted by Crippen LogP contribution is -2.26. The lowest BCUT2D eigenvalue weighted by Gasteiger charge is -2.06. The normalized spacial score (nSPS) is 11.4. The summed E-state index contributed by atoms with van der Waals surface area (Å²) in [5.41, 5.74) is 0.311. The maximum Gasteiger partial charge on any atom is 0.268 e. The van der Waals surface area contributed by atoms with E-state index in [1.165, 1.54) is 12.3 Å². The number of hydrogen-bond acceptors (Lipinski definition) is 5. The van der Waals surface area contributed by atoms with Crippen LogP contribution < -0.4 is 10.9 Å². The fourth-order valence-corrected chi connectivity index (χ4v) is 2.65. The van der Waals surface area contributed by atoms with E-state index >= 15 is 0 Å². The highest BCUT2D eigenvalue weighted by Crippen LogP contribution is 1.98. The second-order valence-corrected chi connectivity index (χ2v) is 6.01. The first-order chi connectivity index (χ1) is 7.98. The summed E-state index contributed by atoms with van der Waals surface area (Å²) in [4.78, 5) is 11.5. The van der Waals surface area contributed by atoms with Crippen molar-refractivity contribution in [3.8, 4) is 0 Å². The third kappa shape index (κ3) is 4.18. The van der Waals surface area contributed by atoms with Crippen LogP contribution in [-0.4, -0.2) is 36.8 Å². The molecule has 1 rings (SSSR count). The number of nitrogens with zero attached hydrogens (tertiary/aromatic N) is 2. The zero-order valence-corrected chi connectivity index (χ0v) is 10.8. The Hall–Kier alpha value is -1.37. The van der Waals surface area contributed by atoms with Crippen molar-refractivity contribution >= 4 is 15.5 Å². The summed E-state index contributed by atoms with van der Waals surface area (Å²) >= 11 is 0. The Morgan fingerprint density at radius 1 is 1.41 bits per heavy atom.